The highest BCUT2D eigenvalue weighted by Gasteiger charge is 2.20. The molecule has 2 rings (SSSR count). The third kappa shape index (κ3) is 3.10. The van der Waals surface area contributed by atoms with E-state index in [4.69, 9.17) is 9.84 Å². The highest BCUT2D eigenvalue weighted by molar-refractivity contribution is 7.18. The van der Waals surface area contributed by atoms with Crippen LogP contribution in [0.3, 0.4) is 0 Å². The predicted octanol–water partition coefficient (Wildman–Crippen LogP) is 3.84. The molecule has 2 aromatic rings. The highest BCUT2D eigenvalue weighted by Crippen LogP contribution is 2.33. The fourth-order valence-electron chi connectivity index (χ4n) is 1.77. The van der Waals surface area contributed by atoms with E-state index in [0.29, 0.717) is 12.2 Å². The molecule has 0 saturated carbocycles. The molecule has 0 radical (unpaired) electrons. The molecule has 0 bridgehead atoms. The molecule has 0 aliphatic heterocycles. The van der Waals surface area contributed by atoms with Gasteiger partial charge in [0.1, 0.15) is 5.75 Å². The number of aromatic nitrogens is 1. The molecule has 1 aromatic carbocycles. The molecular formula is C15H19NO3S. The summed E-state index contributed by atoms with van der Waals surface area (Å²) in [4.78, 5) is 15.6. The Morgan fingerprint density at radius 1 is 1.45 bits per heavy atom. The molecule has 1 unspecified atom stereocenters. The van der Waals surface area contributed by atoms with E-state index in [1.54, 1.807) is 24.3 Å². The molecule has 5 heteroatoms. The maximum Gasteiger partial charge on any atom is 0.344 e. The first-order chi connectivity index (χ1) is 9.31. The number of ether oxygens (including phenoxy) is 1. The molecule has 0 aliphatic rings. The van der Waals surface area contributed by atoms with Gasteiger partial charge in [0, 0.05) is 5.41 Å². The SMILES string of the molecule is CCC(Oc1ccc2nc(C(C)(C)C)sc2c1)C(=O)O. The summed E-state index contributed by atoms with van der Waals surface area (Å²) in [7, 11) is 0. The number of fused-ring (bicyclic) bond motifs is 1. The minimum Gasteiger partial charge on any atom is -0.479 e. The van der Waals surface area contributed by atoms with Gasteiger partial charge in [-0.2, -0.15) is 0 Å². The van der Waals surface area contributed by atoms with Crippen LogP contribution in [0, 0.1) is 0 Å². The number of aliphatic carboxylic acids is 1. The van der Waals surface area contributed by atoms with Crippen LogP contribution in [0.5, 0.6) is 5.75 Å². The lowest BCUT2D eigenvalue weighted by atomic mass is 9.98. The second-order valence-corrected chi connectivity index (χ2v) is 6.78. The van der Waals surface area contributed by atoms with Crippen molar-refractivity contribution in [3.05, 3.63) is 23.2 Å². The zero-order valence-corrected chi connectivity index (χ0v) is 13.0. The Bertz CT molecular complexity index is 628. The van der Waals surface area contributed by atoms with Crippen LogP contribution in [0.25, 0.3) is 10.2 Å². The van der Waals surface area contributed by atoms with Crippen LogP contribution in [0.2, 0.25) is 0 Å². The van der Waals surface area contributed by atoms with Crippen molar-refractivity contribution in [3.63, 3.8) is 0 Å². The predicted molar refractivity (Wildman–Crippen MR) is 80.7 cm³/mol. The van der Waals surface area contributed by atoms with E-state index in [1.165, 1.54) is 0 Å². The minimum absolute atomic E-state index is 0.0116. The molecule has 4 nitrogen and oxygen atoms in total. The molecule has 0 amide bonds. The van der Waals surface area contributed by atoms with Crippen LogP contribution in [0.1, 0.15) is 39.1 Å². The lowest BCUT2D eigenvalue weighted by Crippen LogP contribution is -2.25. The molecular weight excluding hydrogens is 274 g/mol. The van der Waals surface area contributed by atoms with E-state index in [-0.39, 0.29) is 5.41 Å². The molecule has 20 heavy (non-hydrogen) atoms. The van der Waals surface area contributed by atoms with Gasteiger partial charge in [-0.05, 0) is 24.6 Å². The van der Waals surface area contributed by atoms with Crippen LogP contribution in [0.4, 0.5) is 0 Å². The van der Waals surface area contributed by atoms with Crippen LogP contribution in [0.15, 0.2) is 18.2 Å². The minimum atomic E-state index is -0.938. The smallest absolute Gasteiger partial charge is 0.344 e. The van der Waals surface area contributed by atoms with Crippen molar-refractivity contribution in [1.82, 2.24) is 4.98 Å². The van der Waals surface area contributed by atoms with Gasteiger partial charge in [0.25, 0.3) is 0 Å². The standard InChI is InChI=1S/C15H19NO3S/c1-5-11(13(17)18)19-9-6-7-10-12(8-9)20-14(16-10)15(2,3)4/h6-8,11H,5H2,1-4H3,(H,17,18). The third-order valence-electron chi connectivity index (χ3n) is 2.93. The van der Waals surface area contributed by atoms with Gasteiger partial charge in [-0.1, -0.05) is 27.7 Å². The van der Waals surface area contributed by atoms with Crippen molar-refractivity contribution in [2.45, 2.75) is 45.6 Å². The number of hydrogen-bond acceptors (Lipinski definition) is 4. The first kappa shape index (κ1) is 14.8. The van der Waals surface area contributed by atoms with Crippen molar-refractivity contribution in [3.8, 4) is 5.75 Å². The zero-order valence-electron chi connectivity index (χ0n) is 12.1. The Labute approximate surface area is 122 Å². The molecule has 0 fully saturated rings. The van der Waals surface area contributed by atoms with Crippen LogP contribution in [-0.4, -0.2) is 22.2 Å². The summed E-state index contributed by atoms with van der Waals surface area (Å²) >= 11 is 1.62. The molecule has 1 atom stereocenters. The van der Waals surface area contributed by atoms with Crippen LogP contribution >= 0.6 is 11.3 Å². The van der Waals surface area contributed by atoms with Gasteiger partial charge in [-0.15, -0.1) is 11.3 Å². The van der Waals surface area contributed by atoms with Gasteiger partial charge in [-0.3, -0.25) is 0 Å². The Balaban J connectivity index is 2.31. The lowest BCUT2D eigenvalue weighted by molar-refractivity contribution is -0.145. The number of carbonyl (C=O) groups is 1. The second kappa shape index (κ2) is 5.40. The number of carboxylic acids is 1. The highest BCUT2D eigenvalue weighted by atomic mass is 32.1. The summed E-state index contributed by atoms with van der Waals surface area (Å²) in [5.74, 6) is -0.358. The molecule has 1 heterocycles. The monoisotopic (exact) mass is 293 g/mol. The lowest BCUT2D eigenvalue weighted by Gasteiger charge is -2.13. The molecule has 1 aromatic heterocycles. The summed E-state index contributed by atoms with van der Waals surface area (Å²) in [6, 6.07) is 5.53. The quantitative estimate of drug-likeness (QED) is 0.930. The molecule has 0 saturated heterocycles. The molecule has 108 valence electrons. The maximum absolute atomic E-state index is 11.0. The van der Waals surface area contributed by atoms with E-state index in [1.807, 2.05) is 12.1 Å². The van der Waals surface area contributed by atoms with E-state index in [0.717, 1.165) is 15.2 Å². The van der Waals surface area contributed by atoms with Gasteiger partial charge in [-0.25, -0.2) is 9.78 Å². The summed E-state index contributed by atoms with van der Waals surface area (Å²) in [5, 5.41) is 10.1. The third-order valence-corrected chi connectivity index (χ3v) is 4.37. The number of benzene rings is 1. The molecule has 0 spiro atoms. The number of thiazole rings is 1. The number of hydrogen-bond donors (Lipinski definition) is 1. The van der Waals surface area contributed by atoms with E-state index in [9.17, 15) is 4.79 Å². The zero-order chi connectivity index (χ0) is 14.9. The maximum atomic E-state index is 11.0. The first-order valence-electron chi connectivity index (χ1n) is 6.62. The van der Waals surface area contributed by atoms with Crippen molar-refractivity contribution < 1.29 is 14.6 Å². The average molecular weight is 293 g/mol. The van der Waals surface area contributed by atoms with Crippen molar-refractivity contribution >= 4 is 27.5 Å². The fraction of sp³-hybridized carbons (Fsp3) is 0.467. The summed E-state index contributed by atoms with van der Waals surface area (Å²) in [6.07, 6.45) is -0.369. The van der Waals surface area contributed by atoms with Gasteiger partial charge in [0.2, 0.25) is 0 Å². The van der Waals surface area contributed by atoms with Gasteiger partial charge < -0.3 is 9.84 Å². The van der Waals surface area contributed by atoms with Gasteiger partial charge in [0.05, 0.1) is 15.2 Å². The van der Waals surface area contributed by atoms with E-state index < -0.39 is 12.1 Å². The van der Waals surface area contributed by atoms with E-state index >= 15 is 0 Å². The first-order valence-corrected chi connectivity index (χ1v) is 7.43. The number of nitrogens with zero attached hydrogens (tertiary/aromatic N) is 1. The van der Waals surface area contributed by atoms with Crippen molar-refractivity contribution in [2.75, 3.05) is 0 Å². The average Bonchev–Trinajstić information content (AvgIpc) is 2.78. The number of carboxylic acid groups (broad SMARTS) is 1. The Morgan fingerprint density at radius 3 is 2.70 bits per heavy atom. The Morgan fingerprint density at radius 2 is 2.15 bits per heavy atom. The Hall–Kier alpha value is -1.62. The van der Waals surface area contributed by atoms with E-state index in [2.05, 4.69) is 25.8 Å². The summed E-state index contributed by atoms with van der Waals surface area (Å²) < 4.78 is 6.53. The Kier molecular flexibility index (Phi) is 3.99. The number of rotatable bonds is 4. The summed E-state index contributed by atoms with van der Waals surface area (Å²) in [6.45, 7) is 8.17. The van der Waals surface area contributed by atoms with Crippen LogP contribution < -0.4 is 4.74 Å². The van der Waals surface area contributed by atoms with Gasteiger partial charge in [0.15, 0.2) is 6.10 Å². The largest absolute Gasteiger partial charge is 0.479 e. The summed E-state index contributed by atoms with van der Waals surface area (Å²) in [5.41, 5.74) is 0.938. The second-order valence-electron chi connectivity index (χ2n) is 5.75. The molecule has 1 N–H and O–H groups in total. The van der Waals surface area contributed by atoms with Crippen LogP contribution in [-0.2, 0) is 10.2 Å². The van der Waals surface area contributed by atoms with Crippen molar-refractivity contribution in [2.24, 2.45) is 0 Å². The normalized spacial score (nSPS) is 13.4. The van der Waals surface area contributed by atoms with Crippen molar-refractivity contribution in [1.29, 1.82) is 0 Å². The molecule has 0 aliphatic carbocycles. The topological polar surface area (TPSA) is 59.4 Å². The van der Waals surface area contributed by atoms with Gasteiger partial charge >= 0.3 is 5.97 Å². The fourth-order valence-corrected chi connectivity index (χ4v) is 2.82.